The Balaban J connectivity index is 1.95. The van der Waals surface area contributed by atoms with Crippen molar-refractivity contribution in [2.24, 2.45) is 0 Å². The van der Waals surface area contributed by atoms with Gasteiger partial charge in [-0.25, -0.2) is 4.39 Å². The molecule has 2 nitrogen and oxygen atoms in total. The molecule has 0 aliphatic carbocycles. The molecular weight excluding hydrogens is 179 g/mol. The molecule has 1 aromatic heterocycles. The van der Waals surface area contributed by atoms with Gasteiger partial charge in [0.05, 0.1) is 6.20 Å². The quantitative estimate of drug-likeness (QED) is 0.790. The van der Waals surface area contributed by atoms with Gasteiger partial charge in [0.25, 0.3) is 0 Å². The van der Waals surface area contributed by atoms with Gasteiger partial charge in [-0.3, -0.25) is 5.10 Å². The number of aromatic amines is 1. The van der Waals surface area contributed by atoms with Crippen LogP contribution in [0.3, 0.4) is 0 Å². The minimum absolute atomic E-state index is 0.183. The van der Waals surface area contributed by atoms with Crippen LogP contribution in [-0.4, -0.2) is 10.2 Å². The van der Waals surface area contributed by atoms with Crippen LogP contribution in [0.25, 0.3) is 0 Å². The zero-order valence-electron chi connectivity index (χ0n) is 7.70. The fraction of sp³-hybridized carbons (Fsp3) is 0.182. The second kappa shape index (κ2) is 4.05. The van der Waals surface area contributed by atoms with Crippen LogP contribution in [-0.2, 0) is 12.8 Å². The molecule has 0 fully saturated rings. The number of aromatic nitrogens is 2. The standard InChI is InChI=1S/C11H11FN2/c12-11-5-3-9(4-6-11)1-2-10-7-13-14-8-10/h3-8H,1-2H2,(H,13,14). The van der Waals surface area contributed by atoms with Gasteiger partial charge < -0.3 is 0 Å². The lowest BCUT2D eigenvalue weighted by Crippen LogP contribution is -1.89. The Hall–Kier alpha value is -1.64. The Labute approximate surface area is 81.8 Å². The highest BCUT2D eigenvalue weighted by Crippen LogP contribution is 2.07. The summed E-state index contributed by atoms with van der Waals surface area (Å²) in [6, 6.07) is 6.61. The highest BCUT2D eigenvalue weighted by atomic mass is 19.1. The molecule has 0 atom stereocenters. The number of hydrogen-bond acceptors (Lipinski definition) is 1. The SMILES string of the molecule is Fc1ccc(CCc2cn[nH]c2)cc1. The van der Waals surface area contributed by atoms with E-state index in [-0.39, 0.29) is 5.82 Å². The van der Waals surface area contributed by atoms with Crippen LogP contribution >= 0.6 is 0 Å². The van der Waals surface area contributed by atoms with Crippen molar-refractivity contribution in [3.63, 3.8) is 0 Å². The number of rotatable bonds is 3. The molecule has 0 unspecified atom stereocenters. The highest BCUT2D eigenvalue weighted by molar-refractivity contribution is 5.17. The highest BCUT2D eigenvalue weighted by Gasteiger charge is 1.96. The summed E-state index contributed by atoms with van der Waals surface area (Å²) in [4.78, 5) is 0. The van der Waals surface area contributed by atoms with E-state index < -0.39 is 0 Å². The van der Waals surface area contributed by atoms with E-state index in [4.69, 9.17) is 0 Å². The summed E-state index contributed by atoms with van der Waals surface area (Å²) in [6.07, 6.45) is 5.54. The maximum absolute atomic E-state index is 12.6. The van der Waals surface area contributed by atoms with Gasteiger partial charge in [0, 0.05) is 6.20 Å². The van der Waals surface area contributed by atoms with Crippen molar-refractivity contribution in [2.45, 2.75) is 12.8 Å². The predicted octanol–water partition coefficient (Wildman–Crippen LogP) is 2.33. The predicted molar refractivity (Wildman–Crippen MR) is 52.4 cm³/mol. The lowest BCUT2D eigenvalue weighted by atomic mass is 10.1. The first-order valence-electron chi connectivity index (χ1n) is 4.57. The lowest BCUT2D eigenvalue weighted by molar-refractivity contribution is 0.627. The van der Waals surface area contributed by atoms with Gasteiger partial charge in [0.15, 0.2) is 0 Å². The van der Waals surface area contributed by atoms with Crippen LogP contribution < -0.4 is 0 Å². The molecule has 0 spiro atoms. The summed E-state index contributed by atoms with van der Waals surface area (Å²) in [6.45, 7) is 0. The molecule has 0 amide bonds. The molecule has 1 aromatic carbocycles. The van der Waals surface area contributed by atoms with Crippen molar-refractivity contribution in [3.05, 3.63) is 53.6 Å². The molecule has 2 aromatic rings. The van der Waals surface area contributed by atoms with Crippen LogP contribution in [0.2, 0.25) is 0 Å². The number of nitrogens with zero attached hydrogens (tertiary/aromatic N) is 1. The summed E-state index contributed by atoms with van der Waals surface area (Å²) < 4.78 is 12.6. The molecule has 0 saturated heterocycles. The number of hydrogen-bond donors (Lipinski definition) is 1. The molecule has 3 heteroatoms. The van der Waals surface area contributed by atoms with Gasteiger partial charge in [0.2, 0.25) is 0 Å². The monoisotopic (exact) mass is 190 g/mol. The molecule has 0 radical (unpaired) electrons. The second-order valence-corrected chi connectivity index (χ2v) is 3.23. The van der Waals surface area contributed by atoms with E-state index in [1.165, 1.54) is 17.7 Å². The molecule has 14 heavy (non-hydrogen) atoms. The average molecular weight is 190 g/mol. The Kier molecular flexibility index (Phi) is 2.58. The smallest absolute Gasteiger partial charge is 0.123 e. The number of benzene rings is 1. The van der Waals surface area contributed by atoms with Crippen molar-refractivity contribution in [2.75, 3.05) is 0 Å². The Morgan fingerprint density at radius 3 is 2.43 bits per heavy atom. The fourth-order valence-corrected chi connectivity index (χ4v) is 1.35. The zero-order chi connectivity index (χ0) is 9.80. The molecule has 72 valence electrons. The van der Waals surface area contributed by atoms with Gasteiger partial charge in [0.1, 0.15) is 5.82 Å². The first-order valence-corrected chi connectivity index (χ1v) is 4.57. The van der Waals surface area contributed by atoms with Crippen LogP contribution in [0, 0.1) is 5.82 Å². The normalized spacial score (nSPS) is 10.4. The first-order chi connectivity index (χ1) is 6.84. The molecule has 0 saturated carbocycles. The molecule has 2 rings (SSSR count). The summed E-state index contributed by atoms with van der Waals surface area (Å²) in [7, 11) is 0. The first kappa shape index (κ1) is 8.94. The van der Waals surface area contributed by atoms with Crippen molar-refractivity contribution in [3.8, 4) is 0 Å². The Bertz CT molecular complexity index is 378. The third-order valence-electron chi connectivity index (χ3n) is 2.17. The lowest BCUT2D eigenvalue weighted by Gasteiger charge is -1.98. The van der Waals surface area contributed by atoms with Crippen molar-refractivity contribution >= 4 is 0 Å². The van der Waals surface area contributed by atoms with Crippen molar-refractivity contribution < 1.29 is 4.39 Å². The van der Waals surface area contributed by atoms with E-state index in [1.807, 2.05) is 24.5 Å². The average Bonchev–Trinajstić information content (AvgIpc) is 2.70. The van der Waals surface area contributed by atoms with Gasteiger partial charge in [-0.15, -0.1) is 0 Å². The number of H-pyrrole nitrogens is 1. The molecule has 0 bridgehead atoms. The van der Waals surface area contributed by atoms with Gasteiger partial charge in [-0.05, 0) is 36.1 Å². The Morgan fingerprint density at radius 1 is 1.07 bits per heavy atom. The van der Waals surface area contributed by atoms with Crippen LogP contribution in [0.5, 0.6) is 0 Å². The van der Waals surface area contributed by atoms with Gasteiger partial charge in [-0.2, -0.15) is 5.10 Å². The Morgan fingerprint density at radius 2 is 1.79 bits per heavy atom. The molecular formula is C11H11FN2. The summed E-state index contributed by atoms with van der Waals surface area (Å²) >= 11 is 0. The minimum Gasteiger partial charge on any atom is -0.285 e. The van der Waals surface area contributed by atoms with Crippen LogP contribution in [0.1, 0.15) is 11.1 Å². The topological polar surface area (TPSA) is 28.7 Å². The fourth-order valence-electron chi connectivity index (χ4n) is 1.35. The minimum atomic E-state index is -0.183. The van der Waals surface area contributed by atoms with E-state index in [2.05, 4.69) is 10.2 Å². The van der Waals surface area contributed by atoms with Gasteiger partial charge >= 0.3 is 0 Å². The second-order valence-electron chi connectivity index (χ2n) is 3.23. The molecule has 1 heterocycles. The summed E-state index contributed by atoms with van der Waals surface area (Å²) in [5.41, 5.74) is 2.32. The van der Waals surface area contributed by atoms with Crippen molar-refractivity contribution in [1.82, 2.24) is 10.2 Å². The maximum atomic E-state index is 12.6. The number of halogens is 1. The van der Waals surface area contributed by atoms with Crippen LogP contribution in [0.15, 0.2) is 36.7 Å². The third-order valence-corrected chi connectivity index (χ3v) is 2.17. The van der Waals surface area contributed by atoms with E-state index in [1.54, 1.807) is 0 Å². The molecule has 1 N–H and O–H groups in total. The maximum Gasteiger partial charge on any atom is 0.123 e. The number of nitrogens with one attached hydrogen (secondary N) is 1. The molecule has 0 aliphatic rings. The zero-order valence-corrected chi connectivity index (χ0v) is 7.70. The summed E-state index contributed by atoms with van der Waals surface area (Å²) in [5, 5.41) is 6.63. The van der Waals surface area contributed by atoms with E-state index >= 15 is 0 Å². The largest absolute Gasteiger partial charge is 0.285 e. The van der Waals surface area contributed by atoms with Crippen LogP contribution in [0.4, 0.5) is 4.39 Å². The van der Waals surface area contributed by atoms with Crippen molar-refractivity contribution in [1.29, 1.82) is 0 Å². The summed E-state index contributed by atoms with van der Waals surface area (Å²) in [5.74, 6) is -0.183. The third kappa shape index (κ3) is 2.19. The van der Waals surface area contributed by atoms with E-state index in [0.717, 1.165) is 18.4 Å². The number of aryl methyl sites for hydroxylation is 2. The van der Waals surface area contributed by atoms with E-state index in [9.17, 15) is 4.39 Å². The van der Waals surface area contributed by atoms with E-state index in [0.29, 0.717) is 0 Å². The van der Waals surface area contributed by atoms with Gasteiger partial charge in [-0.1, -0.05) is 12.1 Å². The molecule has 0 aliphatic heterocycles.